The molecule has 0 amide bonds. The summed E-state index contributed by atoms with van der Waals surface area (Å²) in [7, 11) is 0. The zero-order valence-electron chi connectivity index (χ0n) is 10.2. The van der Waals surface area contributed by atoms with E-state index in [9.17, 15) is 4.39 Å². The molecular formula is C15H15BrFN. The highest BCUT2D eigenvalue weighted by Crippen LogP contribution is 2.25. The van der Waals surface area contributed by atoms with Crippen LogP contribution in [0.4, 0.5) is 4.39 Å². The molecule has 0 saturated carbocycles. The molecule has 0 aromatic heterocycles. The molecule has 0 fully saturated rings. The first-order chi connectivity index (χ1) is 8.49. The van der Waals surface area contributed by atoms with Gasteiger partial charge in [-0.3, -0.25) is 0 Å². The average molecular weight is 308 g/mol. The second-order valence-corrected chi connectivity index (χ2v) is 5.61. The summed E-state index contributed by atoms with van der Waals surface area (Å²) in [5.41, 5.74) is 7.36. The van der Waals surface area contributed by atoms with E-state index in [0.717, 1.165) is 10.0 Å². The highest BCUT2D eigenvalue weighted by Gasteiger charge is 2.22. The molecule has 1 atom stereocenters. The van der Waals surface area contributed by atoms with E-state index in [-0.39, 0.29) is 5.82 Å². The molecule has 3 heteroatoms. The third-order valence-corrected chi connectivity index (χ3v) is 3.55. The quantitative estimate of drug-likeness (QED) is 0.911. The summed E-state index contributed by atoms with van der Waals surface area (Å²) in [5, 5.41) is 0. The minimum absolute atomic E-state index is 0.203. The van der Waals surface area contributed by atoms with Gasteiger partial charge >= 0.3 is 0 Å². The fourth-order valence-corrected chi connectivity index (χ4v) is 2.23. The monoisotopic (exact) mass is 307 g/mol. The minimum Gasteiger partial charge on any atom is -0.321 e. The highest BCUT2D eigenvalue weighted by atomic mass is 79.9. The molecule has 1 unspecified atom stereocenters. The van der Waals surface area contributed by atoms with Gasteiger partial charge in [-0.05, 0) is 42.7 Å². The lowest BCUT2D eigenvalue weighted by Crippen LogP contribution is -2.35. The molecule has 18 heavy (non-hydrogen) atoms. The molecule has 0 saturated heterocycles. The van der Waals surface area contributed by atoms with Crippen molar-refractivity contribution in [2.75, 3.05) is 0 Å². The van der Waals surface area contributed by atoms with Crippen LogP contribution in [0.2, 0.25) is 0 Å². The number of hydrogen-bond donors (Lipinski definition) is 1. The topological polar surface area (TPSA) is 26.0 Å². The third kappa shape index (κ3) is 2.98. The number of hydrogen-bond acceptors (Lipinski definition) is 1. The van der Waals surface area contributed by atoms with E-state index in [2.05, 4.69) is 15.9 Å². The van der Waals surface area contributed by atoms with Gasteiger partial charge in [0.1, 0.15) is 5.82 Å². The fourth-order valence-electron chi connectivity index (χ4n) is 1.97. The minimum atomic E-state index is -0.580. The Kier molecular flexibility index (Phi) is 3.83. The number of benzene rings is 2. The Morgan fingerprint density at radius 2 is 1.72 bits per heavy atom. The van der Waals surface area contributed by atoms with Crippen LogP contribution >= 0.6 is 15.9 Å². The van der Waals surface area contributed by atoms with E-state index >= 15 is 0 Å². The van der Waals surface area contributed by atoms with Crippen LogP contribution in [0.3, 0.4) is 0 Å². The van der Waals surface area contributed by atoms with Crippen molar-refractivity contribution in [2.24, 2.45) is 5.73 Å². The first kappa shape index (κ1) is 13.2. The Morgan fingerprint density at radius 1 is 1.11 bits per heavy atom. The SMILES string of the molecule is CC(N)(Cc1ccccc1F)c1ccc(Br)cc1. The smallest absolute Gasteiger partial charge is 0.126 e. The number of nitrogens with two attached hydrogens (primary N) is 1. The second kappa shape index (κ2) is 5.21. The molecule has 2 rings (SSSR count). The standard InChI is InChI=1S/C15H15BrFN/c1-15(18,12-6-8-13(16)9-7-12)10-11-4-2-3-5-14(11)17/h2-9H,10,18H2,1H3. The van der Waals surface area contributed by atoms with E-state index < -0.39 is 5.54 Å². The summed E-state index contributed by atoms with van der Waals surface area (Å²) < 4.78 is 14.6. The Bertz CT molecular complexity index is 534. The molecule has 0 spiro atoms. The maximum absolute atomic E-state index is 13.6. The molecule has 1 nitrogen and oxygen atoms in total. The van der Waals surface area contributed by atoms with Crippen LogP contribution in [0.25, 0.3) is 0 Å². The predicted octanol–water partition coefficient (Wildman–Crippen LogP) is 4.00. The molecule has 2 N–H and O–H groups in total. The first-order valence-corrected chi connectivity index (χ1v) is 6.57. The van der Waals surface area contributed by atoms with Gasteiger partial charge in [0, 0.05) is 10.0 Å². The fraction of sp³-hybridized carbons (Fsp3) is 0.200. The van der Waals surface area contributed by atoms with Crippen LogP contribution in [0.5, 0.6) is 0 Å². The maximum Gasteiger partial charge on any atom is 0.126 e. The van der Waals surface area contributed by atoms with Crippen molar-refractivity contribution in [3.8, 4) is 0 Å². The van der Waals surface area contributed by atoms with Crippen molar-refractivity contribution in [3.05, 3.63) is 69.9 Å². The van der Waals surface area contributed by atoms with E-state index in [1.54, 1.807) is 12.1 Å². The Labute approximate surface area is 115 Å². The number of rotatable bonds is 3. The average Bonchev–Trinajstić information content (AvgIpc) is 2.32. The zero-order valence-corrected chi connectivity index (χ0v) is 11.7. The van der Waals surface area contributed by atoms with E-state index in [4.69, 9.17) is 5.73 Å². The van der Waals surface area contributed by atoms with Crippen molar-refractivity contribution in [3.63, 3.8) is 0 Å². The molecule has 0 bridgehead atoms. The molecule has 0 aliphatic rings. The van der Waals surface area contributed by atoms with Crippen molar-refractivity contribution >= 4 is 15.9 Å². The van der Waals surface area contributed by atoms with E-state index in [1.165, 1.54) is 6.07 Å². The normalized spacial score (nSPS) is 14.2. The zero-order chi connectivity index (χ0) is 13.2. The third-order valence-electron chi connectivity index (χ3n) is 3.02. The Hall–Kier alpha value is -1.19. The van der Waals surface area contributed by atoms with Crippen molar-refractivity contribution in [1.29, 1.82) is 0 Å². The summed E-state index contributed by atoms with van der Waals surface area (Å²) in [5.74, 6) is -0.203. The van der Waals surface area contributed by atoms with Crippen molar-refractivity contribution in [2.45, 2.75) is 18.9 Å². The summed E-state index contributed by atoms with van der Waals surface area (Å²) >= 11 is 3.39. The maximum atomic E-state index is 13.6. The van der Waals surface area contributed by atoms with E-state index in [1.807, 2.05) is 37.3 Å². The lowest BCUT2D eigenvalue weighted by atomic mass is 9.86. The highest BCUT2D eigenvalue weighted by molar-refractivity contribution is 9.10. The van der Waals surface area contributed by atoms with Gasteiger partial charge in [-0.1, -0.05) is 46.3 Å². The van der Waals surface area contributed by atoms with Gasteiger partial charge < -0.3 is 5.73 Å². The summed E-state index contributed by atoms with van der Waals surface area (Å²) in [6.45, 7) is 1.92. The molecule has 0 aliphatic heterocycles. The number of halogens is 2. The Balaban J connectivity index is 2.27. The van der Waals surface area contributed by atoms with Crippen LogP contribution in [-0.2, 0) is 12.0 Å². The van der Waals surface area contributed by atoms with Crippen LogP contribution in [-0.4, -0.2) is 0 Å². The van der Waals surface area contributed by atoms with Crippen LogP contribution in [0, 0.1) is 5.82 Å². The Morgan fingerprint density at radius 3 is 2.33 bits per heavy atom. The molecule has 0 radical (unpaired) electrons. The van der Waals surface area contributed by atoms with Crippen LogP contribution in [0.15, 0.2) is 53.0 Å². The van der Waals surface area contributed by atoms with Gasteiger partial charge in [-0.25, -0.2) is 4.39 Å². The lowest BCUT2D eigenvalue weighted by Gasteiger charge is -2.25. The summed E-state index contributed by atoms with van der Waals surface area (Å²) in [4.78, 5) is 0. The molecule has 0 heterocycles. The van der Waals surface area contributed by atoms with Crippen LogP contribution in [0.1, 0.15) is 18.1 Å². The van der Waals surface area contributed by atoms with Gasteiger partial charge in [-0.15, -0.1) is 0 Å². The molecule has 2 aromatic carbocycles. The van der Waals surface area contributed by atoms with Gasteiger partial charge in [0.05, 0.1) is 0 Å². The van der Waals surface area contributed by atoms with Gasteiger partial charge in [-0.2, -0.15) is 0 Å². The largest absolute Gasteiger partial charge is 0.321 e. The summed E-state index contributed by atoms with van der Waals surface area (Å²) in [6, 6.07) is 14.6. The van der Waals surface area contributed by atoms with Crippen LogP contribution < -0.4 is 5.73 Å². The molecule has 2 aromatic rings. The van der Waals surface area contributed by atoms with Gasteiger partial charge in [0.15, 0.2) is 0 Å². The summed E-state index contributed by atoms with van der Waals surface area (Å²) in [6.07, 6.45) is 0.474. The molecule has 94 valence electrons. The molecule has 0 aliphatic carbocycles. The lowest BCUT2D eigenvalue weighted by molar-refractivity contribution is 0.475. The van der Waals surface area contributed by atoms with Crippen molar-refractivity contribution in [1.82, 2.24) is 0 Å². The second-order valence-electron chi connectivity index (χ2n) is 4.69. The van der Waals surface area contributed by atoms with E-state index in [0.29, 0.717) is 12.0 Å². The predicted molar refractivity (Wildman–Crippen MR) is 75.8 cm³/mol. The van der Waals surface area contributed by atoms with Gasteiger partial charge in [0.2, 0.25) is 0 Å². The molecular weight excluding hydrogens is 293 g/mol. The van der Waals surface area contributed by atoms with Gasteiger partial charge in [0.25, 0.3) is 0 Å². The van der Waals surface area contributed by atoms with Crippen molar-refractivity contribution < 1.29 is 4.39 Å². The first-order valence-electron chi connectivity index (χ1n) is 5.77.